The van der Waals surface area contributed by atoms with Crippen LogP contribution in [0, 0.1) is 0 Å². The lowest BCUT2D eigenvalue weighted by atomic mass is 10.2. The van der Waals surface area contributed by atoms with Crippen LogP contribution in [-0.2, 0) is 6.54 Å². The van der Waals surface area contributed by atoms with E-state index in [1.54, 1.807) is 0 Å². The van der Waals surface area contributed by atoms with Crippen molar-refractivity contribution in [3.05, 3.63) is 96.6 Å². The molecule has 0 unspecified atom stereocenters. The van der Waals surface area contributed by atoms with Crippen molar-refractivity contribution >= 4 is 29.5 Å². The van der Waals surface area contributed by atoms with E-state index in [4.69, 9.17) is 0 Å². The van der Waals surface area contributed by atoms with Gasteiger partial charge in [0.05, 0.1) is 0 Å². The van der Waals surface area contributed by atoms with Gasteiger partial charge in [0.1, 0.15) is 8.07 Å². The number of fused-ring (bicyclic) bond motifs is 1. The van der Waals surface area contributed by atoms with E-state index in [0.29, 0.717) is 0 Å². The zero-order valence-electron chi connectivity index (χ0n) is 14.8. The molecule has 0 saturated carbocycles. The molecule has 2 heteroatoms. The van der Waals surface area contributed by atoms with Crippen molar-refractivity contribution in [2.24, 2.45) is 0 Å². The third kappa shape index (κ3) is 2.94. The second kappa shape index (κ2) is 6.38. The average molecular weight is 342 g/mol. The number of hydrogen-bond donors (Lipinski definition) is 0. The lowest BCUT2D eigenvalue weighted by Gasteiger charge is -2.26. The number of para-hydroxylation sites is 1. The maximum Gasteiger partial charge on any atom is 0.132 e. The smallest absolute Gasteiger partial charge is 0.132 e. The van der Waals surface area contributed by atoms with E-state index in [2.05, 4.69) is 109 Å². The summed E-state index contributed by atoms with van der Waals surface area (Å²) < 4.78 is 2.53. The van der Waals surface area contributed by atoms with Gasteiger partial charge in [-0.05, 0) is 23.1 Å². The number of hydrogen-bond acceptors (Lipinski definition) is 0. The largest absolute Gasteiger partial charge is 0.344 e. The van der Waals surface area contributed by atoms with E-state index in [1.165, 1.54) is 27.0 Å². The summed E-state index contributed by atoms with van der Waals surface area (Å²) in [5.41, 5.74) is 2.68. The van der Waals surface area contributed by atoms with E-state index in [9.17, 15) is 0 Å². The highest BCUT2D eigenvalue weighted by Crippen LogP contribution is 2.19. The lowest BCUT2D eigenvalue weighted by molar-refractivity contribution is 0.857. The number of benzene rings is 3. The minimum absolute atomic E-state index is 0.924. The Hall–Kier alpha value is -2.58. The first kappa shape index (κ1) is 15.9. The maximum absolute atomic E-state index is 2.53. The van der Waals surface area contributed by atoms with Crippen LogP contribution in [0.25, 0.3) is 10.9 Å². The summed E-state index contributed by atoms with van der Waals surface area (Å²) in [6, 6.07) is 32.9. The molecule has 0 bridgehead atoms. The van der Waals surface area contributed by atoms with Gasteiger partial charge in [0.2, 0.25) is 0 Å². The molecule has 0 spiro atoms. The van der Waals surface area contributed by atoms with Crippen molar-refractivity contribution in [3.63, 3.8) is 0 Å². The third-order valence-corrected chi connectivity index (χ3v) is 8.60. The highest BCUT2D eigenvalue weighted by molar-refractivity contribution is 7.00. The summed E-state index contributed by atoms with van der Waals surface area (Å²) in [4.78, 5) is 0. The van der Waals surface area contributed by atoms with Crippen LogP contribution in [0.4, 0.5) is 0 Å². The zero-order valence-corrected chi connectivity index (χ0v) is 15.8. The van der Waals surface area contributed by atoms with Crippen LogP contribution in [0.1, 0.15) is 5.56 Å². The number of aromatic nitrogens is 1. The number of nitrogens with zero attached hydrogens (tertiary/aromatic N) is 1. The van der Waals surface area contributed by atoms with E-state index >= 15 is 0 Å². The fourth-order valence-electron chi connectivity index (χ4n) is 3.67. The number of rotatable bonds is 4. The van der Waals surface area contributed by atoms with Crippen LogP contribution in [0.3, 0.4) is 0 Å². The Bertz CT molecular complexity index is 984. The van der Waals surface area contributed by atoms with Gasteiger partial charge in [0.25, 0.3) is 0 Å². The van der Waals surface area contributed by atoms with Gasteiger partial charge in [-0.1, -0.05) is 97.1 Å². The Balaban J connectivity index is 1.90. The molecule has 0 fully saturated rings. The predicted molar refractivity (Wildman–Crippen MR) is 111 cm³/mol. The van der Waals surface area contributed by atoms with Crippen molar-refractivity contribution in [2.45, 2.75) is 19.6 Å². The molecule has 0 aliphatic rings. The van der Waals surface area contributed by atoms with Gasteiger partial charge in [-0.3, -0.25) is 0 Å². The Labute approximate surface area is 150 Å². The molecule has 0 aliphatic heterocycles. The molecule has 1 aromatic heterocycles. The van der Waals surface area contributed by atoms with Crippen LogP contribution < -0.4 is 10.5 Å². The van der Waals surface area contributed by atoms with Crippen LogP contribution >= 0.6 is 0 Å². The summed E-state index contributed by atoms with van der Waals surface area (Å²) in [5, 5.41) is 4.31. The molecule has 0 N–H and O–H groups in total. The normalized spacial score (nSPS) is 11.8. The minimum Gasteiger partial charge on any atom is -0.344 e. The standard InChI is InChI=1S/C23H23NSi/c1-25(2,21-14-7-4-8-15-21)23-17-20-13-9-10-16-22(20)24(23)18-19-11-5-3-6-12-19/h3-17H,18H2,1-2H3. The molecular formula is C23H23NSi. The van der Waals surface area contributed by atoms with E-state index < -0.39 is 8.07 Å². The summed E-state index contributed by atoms with van der Waals surface area (Å²) in [6.45, 7) is 5.84. The summed E-state index contributed by atoms with van der Waals surface area (Å²) in [7, 11) is -1.77. The van der Waals surface area contributed by atoms with Crippen molar-refractivity contribution < 1.29 is 0 Å². The van der Waals surface area contributed by atoms with Crippen molar-refractivity contribution in [3.8, 4) is 0 Å². The molecule has 25 heavy (non-hydrogen) atoms. The quantitative estimate of drug-likeness (QED) is 0.481. The second-order valence-corrected chi connectivity index (χ2v) is 11.5. The molecule has 0 aliphatic carbocycles. The zero-order chi connectivity index (χ0) is 17.3. The van der Waals surface area contributed by atoms with Gasteiger partial charge >= 0.3 is 0 Å². The molecule has 4 rings (SSSR count). The van der Waals surface area contributed by atoms with Gasteiger partial charge in [0, 0.05) is 17.4 Å². The fourth-order valence-corrected chi connectivity index (χ4v) is 6.38. The maximum atomic E-state index is 2.53. The average Bonchev–Trinajstić information content (AvgIpc) is 3.03. The first-order valence-corrected chi connectivity index (χ1v) is 11.8. The highest BCUT2D eigenvalue weighted by atomic mass is 28.3. The molecule has 0 atom stereocenters. The topological polar surface area (TPSA) is 4.93 Å². The minimum atomic E-state index is -1.77. The first-order valence-electron chi connectivity index (χ1n) is 8.84. The first-order chi connectivity index (χ1) is 12.2. The van der Waals surface area contributed by atoms with E-state index in [0.717, 1.165) is 6.54 Å². The summed E-state index contributed by atoms with van der Waals surface area (Å²) in [5.74, 6) is 0. The van der Waals surface area contributed by atoms with E-state index in [1.807, 2.05) is 0 Å². The lowest BCUT2D eigenvalue weighted by Crippen LogP contribution is -2.55. The van der Waals surface area contributed by atoms with Crippen molar-refractivity contribution in [2.75, 3.05) is 0 Å². The van der Waals surface area contributed by atoms with Crippen LogP contribution in [-0.4, -0.2) is 12.6 Å². The molecular weight excluding hydrogens is 318 g/mol. The predicted octanol–water partition coefficient (Wildman–Crippen LogP) is 4.51. The van der Waals surface area contributed by atoms with Gasteiger partial charge in [-0.25, -0.2) is 0 Å². The Morgan fingerprint density at radius 2 is 1.32 bits per heavy atom. The monoisotopic (exact) mass is 341 g/mol. The molecule has 1 nitrogen and oxygen atoms in total. The second-order valence-electron chi connectivity index (χ2n) is 7.15. The SMILES string of the molecule is C[Si](C)(c1ccccc1)c1cc2ccccc2n1Cc1ccccc1. The highest BCUT2D eigenvalue weighted by Gasteiger charge is 2.30. The molecule has 4 aromatic rings. The summed E-state index contributed by atoms with van der Waals surface area (Å²) >= 11 is 0. The molecule has 1 heterocycles. The van der Waals surface area contributed by atoms with Gasteiger partial charge in [0.15, 0.2) is 0 Å². The molecule has 0 radical (unpaired) electrons. The molecule has 124 valence electrons. The van der Waals surface area contributed by atoms with E-state index in [-0.39, 0.29) is 0 Å². The van der Waals surface area contributed by atoms with Crippen LogP contribution in [0.2, 0.25) is 13.1 Å². The van der Waals surface area contributed by atoms with Gasteiger partial charge in [-0.2, -0.15) is 0 Å². The van der Waals surface area contributed by atoms with Crippen LogP contribution in [0.15, 0.2) is 91.0 Å². The molecule has 0 saturated heterocycles. The van der Waals surface area contributed by atoms with Gasteiger partial charge < -0.3 is 4.57 Å². The van der Waals surface area contributed by atoms with Crippen molar-refractivity contribution in [1.29, 1.82) is 0 Å². The Morgan fingerprint density at radius 3 is 2.04 bits per heavy atom. The Morgan fingerprint density at radius 1 is 0.720 bits per heavy atom. The summed E-state index contributed by atoms with van der Waals surface area (Å²) in [6.07, 6.45) is 0. The third-order valence-electron chi connectivity index (χ3n) is 5.13. The molecule has 0 amide bonds. The fraction of sp³-hybridized carbons (Fsp3) is 0.130. The van der Waals surface area contributed by atoms with Crippen LogP contribution in [0.5, 0.6) is 0 Å². The Kier molecular flexibility index (Phi) is 4.06. The van der Waals surface area contributed by atoms with Gasteiger partial charge in [-0.15, -0.1) is 0 Å². The molecule has 3 aromatic carbocycles. The van der Waals surface area contributed by atoms with Crippen molar-refractivity contribution in [1.82, 2.24) is 4.57 Å².